The van der Waals surface area contributed by atoms with Crippen molar-refractivity contribution in [3.05, 3.63) is 29.6 Å². The van der Waals surface area contributed by atoms with Crippen molar-refractivity contribution in [1.29, 1.82) is 0 Å². The Kier molecular flexibility index (Phi) is 4.93. The molecule has 2 rings (SSSR count). The van der Waals surface area contributed by atoms with Gasteiger partial charge in [0.2, 0.25) is 0 Å². The van der Waals surface area contributed by atoms with Crippen LogP contribution in [-0.2, 0) is 6.67 Å². The zero-order chi connectivity index (χ0) is 12.8. The number of halogens is 2. The van der Waals surface area contributed by atoms with E-state index in [4.69, 9.17) is 0 Å². The Balaban J connectivity index is 1.79. The van der Waals surface area contributed by atoms with Gasteiger partial charge in [0, 0.05) is 6.54 Å². The number of hydrogen-bond donors (Lipinski definition) is 2. The number of anilines is 1. The Morgan fingerprint density at radius 3 is 2.72 bits per heavy atom. The number of rotatable bonds is 5. The first-order valence-electron chi connectivity index (χ1n) is 6.58. The minimum absolute atomic E-state index is 0.365. The molecule has 1 aliphatic rings. The zero-order valence-electron chi connectivity index (χ0n) is 10.5. The maximum Gasteiger partial charge on any atom is 0.146 e. The van der Waals surface area contributed by atoms with Crippen LogP contribution in [0.15, 0.2) is 18.2 Å². The molecular formula is C14H20F2N2. The van der Waals surface area contributed by atoms with E-state index in [1.165, 1.54) is 18.9 Å². The van der Waals surface area contributed by atoms with Crippen LogP contribution in [0.25, 0.3) is 0 Å². The van der Waals surface area contributed by atoms with Gasteiger partial charge in [0.15, 0.2) is 0 Å². The Morgan fingerprint density at radius 2 is 2.06 bits per heavy atom. The maximum atomic E-state index is 13.6. The lowest BCUT2D eigenvalue weighted by Gasteiger charge is -2.22. The standard InChI is InChI=1S/C14H20F2N2/c15-10-12-1-2-14(13(16)9-12)18-8-5-11-3-6-17-7-4-11/h1-2,9,11,17-18H,3-8,10H2. The maximum absolute atomic E-state index is 13.6. The van der Waals surface area contributed by atoms with Crippen LogP contribution in [-0.4, -0.2) is 19.6 Å². The predicted octanol–water partition coefficient (Wildman–Crippen LogP) is 3.10. The summed E-state index contributed by atoms with van der Waals surface area (Å²) in [6.45, 7) is 2.33. The first kappa shape index (κ1) is 13.3. The number of hydrogen-bond acceptors (Lipinski definition) is 2. The SMILES string of the molecule is FCc1ccc(NCCC2CCNCC2)c(F)c1. The van der Waals surface area contributed by atoms with Crippen molar-refractivity contribution >= 4 is 5.69 Å². The lowest BCUT2D eigenvalue weighted by atomic mass is 9.95. The minimum Gasteiger partial charge on any atom is -0.383 e. The first-order valence-corrected chi connectivity index (χ1v) is 6.58. The van der Waals surface area contributed by atoms with Crippen molar-refractivity contribution in [1.82, 2.24) is 5.32 Å². The molecule has 0 unspecified atom stereocenters. The van der Waals surface area contributed by atoms with Gasteiger partial charge in [0.25, 0.3) is 0 Å². The van der Waals surface area contributed by atoms with Gasteiger partial charge in [-0.1, -0.05) is 6.07 Å². The number of alkyl halides is 1. The molecule has 4 heteroatoms. The van der Waals surface area contributed by atoms with Crippen LogP contribution in [0.2, 0.25) is 0 Å². The van der Waals surface area contributed by atoms with Crippen LogP contribution >= 0.6 is 0 Å². The summed E-state index contributed by atoms with van der Waals surface area (Å²) in [6.07, 6.45) is 3.46. The normalized spacial score (nSPS) is 16.8. The van der Waals surface area contributed by atoms with E-state index in [1.807, 2.05) is 0 Å². The Labute approximate surface area is 107 Å². The van der Waals surface area contributed by atoms with Crippen molar-refractivity contribution < 1.29 is 8.78 Å². The van der Waals surface area contributed by atoms with E-state index in [0.717, 1.165) is 32.0 Å². The first-order chi connectivity index (χ1) is 8.79. The molecule has 0 atom stereocenters. The van der Waals surface area contributed by atoms with Crippen molar-refractivity contribution in [3.8, 4) is 0 Å². The molecule has 1 aliphatic heterocycles. The summed E-state index contributed by atoms with van der Waals surface area (Å²) in [5.74, 6) is 0.363. The van der Waals surface area contributed by atoms with E-state index in [0.29, 0.717) is 11.3 Å². The highest BCUT2D eigenvalue weighted by atomic mass is 19.1. The van der Waals surface area contributed by atoms with E-state index in [2.05, 4.69) is 10.6 Å². The molecule has 1 aromatic rings. The van der Waals surface area contributed by atoms with Crippen LogP contribution < -0.4 is 10.6 Å². The summed E-state index contributed by atoms with van der Waals surface area (Å²) in [5, 5.41) is 6.42. The lowest BCUT2D eigenvalue weighted by molar-refractivity contribution is 0.361. The average molecular weight is 254 g/mol. The topological polar surface area (TPSA) is 24.1 Å². The fraction of sp³-hybridized carbons (Fsp3) is 0.571. The smallest absolute Gasteiger partial charge is 0.146 e. The fourth-order valence-electron chi connectivity index (χ4n) is 2.37. The zero-order valence-corrected chi connectivity index (χ0v) is 10.5. The summed E-state index contributed by atoms with van der Waals surface area (Å²) in [4.78, 5) is 0. The highest BCUT2D eigenvalue weighted by molar-refractivity contribution is 5.46. The fourth-order valence-corrected chi connectivity index (χ4v) is 2.37. The third kappa shape index (κ3) is 3.67. The van der Waals surface area contributed by atoms with E-state index in [1.54, 1.807) is 12.1 Å². The van der Waals surface area contributed by atoms with Gasteiger partial charge in [-0.15, -0.1) is 0 Å². The highest BCUT2D eigenvalue weighted by Gasteiger charge is 2.12. The summed E-state index contributed by atoms with van der Waals surface area (Å²) in [7, 11) is 0. The second-order valence-corrected chi connectivity index (χ2v) is 4.86. The molecule has 1 heterocycles. The summed E-state index contributed by atoms with van der Waals surface area (Å²) in [6, 6.07) is 4.50. The van der Waals surface area contributed by atoms with E-state index in [-0.39, 0.29) is 5.82 Å². The van der Waals surface area contributed by atoms with E-state index >= 15 is 0 Å². The number of nitrogens with one attached hydrogen (secondary N) is 2. The van der Waals surface area contributed by atoms with Crippen LogP contribution in [0.3, 0.4) is 0 Å². The van der Waals surface area contributed by atoms with Crippen molar-refractivity contribution in [2.24, 2.45) is 5.92 Å². The quantitative estimate of drug-likeness (QED) is 0.843. The van der Waals surface area contributed by atoms with Gasteiger partial charge in [-0.2, -0.15) is 0 Å². The molecule has 100 valence electrons. The third-order valence-corrected chi connectivity index (χ3v) is 3.51. The Bertz CT molecular complexity index is 376. The molecule has 1 aromatic carbocycles. The van der Waals surface area contributed by atoms with Gasteiger partial charge >= 0.3 is 0 Å². The number of piperidine rings is 1. The second kappa shape index (κ2) is 6.69. The molecular weight excluding hydrogens is 234 g/mol. The van der Waals surface area contributed by atoms with Crippen molar-refractivity contribution in [2.75, 3.05) is 25.0 Å². The molecule has 0 aromatic heterocycles. The van der Waals surface area contributed by atoms with Crippen LogP contribution in [0, 0.1) is 11.7 Å². The largest absolute Gasteiger partial charge is 0.383 e. The van der Waals surface area contributed by atoms with Gasteiger partial charge in [-0.25, -0.2) is 8.78 Å². The van der Waals surface area contributed by atoms with Gasteiger partial charge in [0.05, 0.1) is 5.69 Å². The molecule has 2 N–H and O–H groups in total. The molecule has 0 radical (unpaired) electrons. The molecule has 18 heavy (non-hydrogen) atoms. The summed E-state index contributed by atoms with van der Waals surface area (Å²) >= 11 is 0. The Hall–Kier alpha value is -1.16. The van der Waals surface area contributed by atoms with Gasteiger partial charge in [0.1, 0.15) is 12.5 Å². The Morgan fingerprint density at radius 1 is 1.28 bits per heavy atom. The lowest BCUT2D eigenvalue weighted by Crippen LogP contribution is -2.28. The predicted molar refractivity (Wildman–Crippen MR) is 69.9 cm³/mol. The highest BCUT2D eigenvalue weighted by Crippen LogP contribution is 2.19. The van der Waals surface area contributed by atoms with E-state index in [9.17, 15) is 8.78 Å². The second-order valence-electron chi connectivity index (χ2n) is 4.86. The van der Waals surface area contributed by atoms with Crippen molar-refractivity contribution in [2.45, 2.75) is 25.9 Å². The molecule has 0 amide bonds. The van der Waals surface area contributed by atoms with Crippen LogP contribution in [0.4, 0.5) is 14.5 Å². The molecule has 0 bridgehead atoms. The van der Waals surface area contributed by atoms with Crippen LogP contribution in [0.5, 0.6) is 0 Å². The molecule has 1 fully saturated rings. The molecule has 2 nitrogen and oxygen atoms in total. The van der Waals surface area contributed by atoms with Gasteiger partial charge in [-0.05, 0) is 56.0 Å². The monoisotopic (exact) mass is 254 g/mol. The van der Waals surface area contributed by atoms with Crippen molar-refractivity contribution in [3.63, 3.8) is 0 Å². The average Bonchev–Trinajstić information content (AvgIpc) is 2.42. The van der Waals surface area contributed by atoms with Gasteiger partial charge in [-0.3, -0.25) is 0 Å². The van der Waals surface area contributed by atoms with Crippen LogP contribution in [0.1, 0.15) is 24.8 Å². The molecule has 1 saturated heterocycles. The third-order valence-electron chi connectivity index (χ3n) is 3.51. The summed E-state index contributed by atoms with van der Waals surface area (Å²) < 4.78 is 25.9. The van der Waals surface area contributed by atoms with Gasteiger partial charge < -0.3 is 10.6 Å². The minimum atomic E-state index is -0.619. The van der Waals surface area contributed by atoms with E-state index < -0.39 is 6.67 Å². The summed E-state index contributed by atoms with van der Waals surface area (Å²) in [5.41, 5.74) is 0.859. The molecule has 0 spiro atoms. The molecule has 0 saturated carbocycles. The number of benzene rings is 1. The molecule has 0 aliphatic carbocycles.